The molecule has 1 radical (unpaired) electrons. The summed E-state index contributed by atoms with van der Waals surface area (Å²) in [5, 5.41) is 0. The molecule has 0 amide bonds. The van der Waals surface area contributed by atoms with Gasteiger partial charge in [0.25, 0.3) is 0 Å². The molecule has 0 saturated carbocycles. The zero-order chi connectivity index (χ0) is 8.23. The van der Waals surface area contributed by atoms with Crippen LogP contribution in [0.5, 0.6) is 0 Å². The largest absolute Gasteiger partial charge is 0.381 e. The summed E-state index contributed by atoms with van der Waals surface area (Å²) in [5.74, 6) is 0.594. The van der Waals surface area contributed by atoms with Gasteiger partial charge in [0.15, 0.2) is 0 Å². The molecule has 2 nitrogen and oxygen atoms in total. The molecular formula is C10H12NO. The van der Waals surface area contributed by atoms with Crippen LogP contribution in [0.3, 0.4) is 0 Å². The number of aromatic nitrogens is 1. The molecule has 1 aromatic rings. The highest BCUT2D eigenvalue weighted by Crippen LogP contribution is 2.24. The Bertz CT molecular complexity index is 229. The smallest absolute Gasteiger partial charge is 0.0472 e. The Morgan fingerprint density at radius 1 is 1.42 bits per heavy atom. The van der Waals surface area contributed by atoms with Crippen LogP contribution in [0.15, 0.2) is 18.3 Å². The highest BCUT2D eigenvalue weighted by molar-refractivity contribution is 5.08. The second-order valence-electron chi connectivity index (χ2n) is 3.07. The van der Waals surface area contributed by atoms with Crippen LogP contribution in [0, 0.1) is 6.07 Å². The standard InChI is InChI=1S/C10H12NO/c1-2-6-11-10(3-1)9-4-7-12-8-5-9/h2-3,6,9H,4-5,7-8H2. The maximum Gasteiger partial charge on any atom is 0.0472 e. The second-order valence-corrected chi connectivity index (χ2v) is 3.07. The fraction of sp³-hybridized carbons (Fsp3) is 0.500. The molecule has 1 aromatic heterocycles. The molecule has 0 atom stereocenters. The topological polar surface area (TPSA) is 22.1 Å². The molecule has 1 fully saturated rings. The number of hydrogen-bond acceptors (Lipinski definition) is 2. The number of nitrogens with zero attached hydrogens (tertiary/aromatic N) is 1. The van der Waals surface area contributed by atoms with Crippen molar-refractivity contribution in [1.82, 2.24) is 4.98 Å². The summed E-state index contributed by atoms with van der Waals surface area (Å²) in [6.45, 7) is 1.75. The van der Waals surface area contributed by atoms with E-state index in [0.717, 1.165) is 26.1 Å². The molecule has 0 N–H and O–H groups in total. The van der Waals surface area contributed by atoms with Crippen molar-refractivity contribution in [1.29, 1.82) is 0 Å². The van der Waals surface area contributed by atoms with E-state index in [0.29, 0.717) is 5.92 Å². The first-order chi connectivity index (χ1) is 5.97. The van der Waals surface area contributed by atoms with E-state index in [1.54, 1.807) is 0 Å². The summed E-state index contributed by atoms with van der Waals surface area (Å²) in [7, 11) is 0. The Labute approximate surface area is 72.6 Å². The maximum absolute atomic E-state index is 5.28. The first-order valence-electron chi connectivity index (χ1n) is 4.36. The van der Waals surface area contributed by atoms with Crippen LogP contribution < -0.4 is 0 Å². The van der Waals surface area contributed by atoms with Gasteiger partial charge in [-0.3, -0.25) is 4.98 Å². The minimum atomic E-state index is 0.594. The van der Waals surface area contributed by atoms with Crippen LogP contribution in [0.25, 0.3) is 0 Å². The van der Waals surface area contributed by atoms with E-state index in [-0.39, 0.29) is 0 Å². The molecule has 2 heteroatoms. The van der Waals surface area contributed by atoms with Crippen molar-refractivity contribution in [3.05, 3.63) is 30.1 Å². The third-order valence-electron chi connectivity index (χ3n) is 2.27. The van der Waals surface area contributed by atoms with E-state index in [9.17, 15) is 0 Å². The predicted molar refractivity (Wildman–Crippen MR) is 45.9 cm³/mol. The van der Waals surface area contributed by atoms with Gasteiger partial charge in [-0.2, -0.15) is 0 Å². The molecule has 0 unspecified atom stereocenters. The van der Waals surface area contributed by atoms with Crippen LogP contribution in [0.1, 0.15) is 24.5 Å². The first kappa shape index (κ1) is 7.74. The van der Waals surface area contributed by atoms with Crippen molar-refractivity contribution >= 4 is 0 Å². The minimum Gasteiger partial charge on any atom is -0.381 e. The summed E-state index contributed by atoms with van der Waals surface area (Å²) in [6, 6.07) is 6.87. The average Bonchev–Trinajstić information content (AvgIpc) is 2.21. The molecule has 1 aliphatic rings. The highest BCUT2D eigenvalue weighted by Gasteiger charge is 2.15. The normalized spacial score (nSPS) is 19.3. The van der Waals surface area contributed by atoms with E-state index >= 15 is 0 Å². The van der Waals surface area contributed by atoms with Crippen LogP contribution in [0.2, 0.25) is 0 Å². The summed E-state index contributed by atoms with van der Waals surface area (Å²) < 4.78 is 5.28. The molecule has 2 rings (SSSR count). The lowest BCUT2D eigenvalue weighted by Gasteiger charge is -2.20. The molecular weight excluding hydrogens is 150 g/mol. The SMILES string of the molecule is [c]1ccnc(C2CCOCC2)c1. The Morgan fingerprint density at radius 2 is 2.25 bits per heavy atom. The summed E-state index contributed by atoms with van der Waals surface area (Å²) in [6.07, 6.45) is 4.01. The summed E-state index contributed by atoms with van der Waals surface area (Å²) in [5.41, 5.74) is 1.17. The quantitative estimate of drug-likeness (QED) is 0.628. The maximum atomic E-state index is 5.28. The zero-order valence-corrected chi connectivity index (χ0v) is 6.99. The number of hydrogen-bond donors (Lipinski definition) is 0. The third kappa shape index (κ3) is 1.64. The van der Waals surface area contributed by atoms with E-state index < -0.39 is 0 Å². The lowest BCUT2D eigenvalue weighted by molar-refractivity contribution is 0.0845. The number of rotatable bonds is 1. The molecule has 0 spiro atoms. The van der Waals surface area contributed by atoms with Crippen molar-refractivity contribution in [2.45, 2.75) is 18.8 Å². The lowest BCUT2D eigenvalue weighted by atomic mass is 9.96. The fourth-order valence-electron chi connectivity index (χ4n) is 1.55. The summed E-state index contributed by atoms with van der Waals surface area (Å²) >= 11 is 0. The Balaban J connectivity index is 2.08. The van der Waals surface area contributed by atoms with Gasteiger partial charge in [0.05, 0.1) is 0 Å². The third-order valence-corrected chi connectivity index (χ3v) is 2.27. The number of pyridine rings is 1. The van der Waals surface area contributed by atoms with Gasteiger partial charge in [0.1, 0.15) is 0 Å². The second kappa shape index (κ2) is 3.68. The van der Waals surface area contributed by atoms with Gasteiger partial charge in [0, 0.05) is 31.0 Å². The highest BCUT2D eigenvalue weighted by atomic mass is 16.5. The van der Waals surface area contributed by atoms with Gasteiger partial charge in [-0.25, -0.2) is 0 Å². The minimum absolute atomic E-state index is 0.594. The van der Waals surface area contributed by atoms with E-state index in [1.807, 2.05) is 18.3 Å². The van der Waals surface area contributed by atoms with Gasteiger partial charge in [0.2, 0.25) is 0 Å². The van der Waals surface area contributed by atoms with Crippen molar-refractivity contribution in [3.63, 3.8) is 0 Å². The van der Waals surface area contributed by atoms with Crippen LogP contribution in [0.4, 0.5) is 0 Å². The number of ether oxygens (including phenoxy) is 1. The predicted octanol–water partition coefficient (Wildman–Crippen LogP) is 1.78. The van der Waals surface area contributed by atoms with Gasteiger partial charge in [-0.1, -0.05) is 0 Å². The van der Waals surface area contributed by atoms with Gasteiger partial charge >= 0.3 is 0 Å². The fourth-order valence-corrected chi connectivity index (χ4v) is 1.55. The molecule has 63 valence electrons. The monoisotopic (exact) mass is 162 g/mol. The summed E-state index contributed by atoms with van der Waals surface area (Å²) in [4.78, 5) is 4.32. The van der Waals surface area contributed by atoms with Crippen LogP contribution in [-0.4, -0.2) is 18.2 Å². The van der Waals surface area contributed by atoms with Gasteiger partial charge in [-0.05, 0) is 31.0 Å². The van der Waals surface area contributed by atoms with Crippen molar-refractivity contribution in [2.75, 3.05) is 13.2 Å². The molecule has 2 heterocycles. The molecule has 12 heavy (non-hydrogen) atoms. The van der Waals surface area contributed by atoms with E-state index in [4.69, 9.17) is 4.74 Å². The van der Waals surface area contributed by atoms with Crippen LogP contribution in [-0.2, 0) is 4.74 Å². The zero-order valence-electron chi connectivity index (χ0n) is 6.99. The molecule has 0 aromatic carbocycles. The Hall–Kier alpha value is -0.890. The van der Waals surface area contributed by atoms with Crippen molar-refractivity contribution in [2.24, 2.45) is 0 Å². The molecule has 1 saturated heterocycles. The van der Waals surface area contributed by atoms with E-state index in [1.165, 1.54) is 5.69 Å². The van der Waals surface area contributed by atoms with Crippen LogP contribution >= 0.6 is 0 Å². The molecule has 0 bridgehead atoms. The van der Waals surface area contributed by atoms with Gasteiger partial charge in [-0.15, -0.1) is 0 Å². The molecule has 1 aliphatic heterocycles. The lowest BCUT2D eigenvalue weighted by Crippen LogP contribution is -2.14. The Morgan fingerprint density at radius 3 is 2.92 bits per heavy atom. The van der Waals surface area contributed by atoms with E-state index in [2.05, 4.69) is 11.1 Å². The molecule has 0 aliphatic carbocycles. The van der Waals surface area contributed by atoms with Crippen molar-refractivity contribution < 1.29 is 4.74 Å². The average molecular weight is 162 g/mol. The van der Waals surface area contributed by atoms with Crippen molar-refractivity contribution in [3.8, 4) is 0 Å². The van der Waals surface area contributed by atoms with Gasteiger partial charge < -0.3 is 4.74 Å². The Kier molecular flexibility index (Phi) is 2.37. The first-order valence-corrected chi connectivity index (χ1v) is 4.36.